The first kappa shape index (κ1) is 33.1. The maximum absolute atomic E-state index is 14.1. The van der Waals surface area contributed by atoms with Gasteiger partial charge in [0, 0.05) is 25.0 Å². The number of alkyl carbamates (subject to hydrolysis) is 1. The van der Waals surface area contributed by atoms with E-state index in [1.165, 1.54) is 36.3 Å². The number of nitro benzene ring substituents is 1. The second-order valence-electron chi connectivity index (χ2n) is 12.7. The van der Waals surface area contributed by atoms with E-state index in [1.807, 2.05) is 12.2 Å². The van der Waals surface area contributed by atoms with Gasteiger partial charge in [-0.1, -0.05) is 25.0 Å². The molecule has 13 heteroatoms. The molecule has 2 saturated carbocycles. The predicted molar refractivity (Wildman–Crippen MR) is 162 cm³/mol. The monoisotopic (exact) mass is 639 g/mol. The summed E-state index contributed by atoms with van der Waals surface area (Å²) in [6.07, 6.45) is 9.47. The fourth-order valence-electron chi connectivity index (χ4n) is 6.94. The standard InChI is InChI=1S/C33H41N3O10/c1-44-31(40)33-18-22(33)9-5-3-2-4-6-12-26(34-32(41)46-24-10-7-8-11-24)29(38)35-20-25(17-27(35)28(37)19-33)45-30(39)21-13-15-23(16-14-21)36(42)43/h5,9,13-16,22,24-27H,2-4,6-8,10-12,17-20H2,1H3,(H,34,41)/b9-5-/t22-,25+,26-,27-,33+/m0/s1. The zero-order chi connectivity index (χ0) is 32.8. The molecule has 2 heterocycles. The Balaban J connectivity index is 1.38. The van der Waals surface area contributed by atoms with Crippen molar-refractivity contribution in [2.24, 2.45) is 11.3 Å². The average molecular weight is 640 g/mol. The molecular weight excluding hydrogens is 598 g/mol. The van der Waals surface area contributed by atoms with Gasteiger partial charge in [0.15, 0.2) is 5.78 Å². The number of non-ortho nitro benzene ring substituents is 1. The first-order valence-corrected chi connectivity index (χ1v) is 16.1. The maximum Gasteiger partial charge on any atom is 0.408 e. The summed E-state index contributed by atoms with van der Waals surface area (Å²) < 4.78 is 16.4. The van der Waals surface area contributed by atoms with E-state index < -0.39 is 52.5 Å². The summed E-state index contributed by atoms with van der Waals surface area (Å²) in [6.45, 7) is -0.0988. The van der Waals surface area contributed by atoms with Gasteiger partial charge in [0.25, 0.3) is 5.69 Å². The number of nitrogens with zero attached hydrogens (tertiary/aromatic N) is 2. The number of nitro groups is 1. The van der Waals surface area contributed by atoms with Crippen molar-refractivity contribution in [2.75, 3.05) is 13.7 Å². The van der Waals surface area contributed by atoms with Crippen LogP contribution in [0.3, 0.4) is 0 Å². The molecule has 2 aliphatic heterocycles. The summed E-state index contributed by atoms with van der Waals surface area (Å²) in [5.41, 5.74) is -1.12. The Kier molecular flexibility index (Phi) is 10.4. The molecule has 0 radical (unpaired) electrons. The molecule has 4 aliphatic rings. The largest absolute Gasteiger partial charge is 0.469 e. The highest BCUT2D eigenvalue weighted by Crippen LogP contribution is 2.57. The van der Waals surface area contributed by atoms with Gasteiger partial charge in [-0.25, -0.2) is 9.59 Å². The number of amides is 2. The molecule has 2 aliphatic carbocycles. The predicted octanol–water partition coefficient (Wildman–Crippen LogP) is 4.42. The van der Waals surface area contributed by atoms with E-state index in [-0.39, 0.29) is 48.4 Å². The van der Waals surface area contributed by atoms with Gasteiger partial charge in [-0.3, -0.25) is 24.5 Å². The first-order chi connectivity index (χ1) is 22.1. The van der Waals surface area contributed by atoms with E-state index in [9.17, 15) is 34.1 Å². The van der Waals surface area contributed by atoms with E-state index in [1.54, 1.807) is 0 Å². The summed E-state index contributed by atoms with van der Waals surface area (Å²) in [6, 6.07) is 2.97. The Labute approximate surface area is 267 Å². The third-order valence-corrected chi connectivity index (χ3v) is 9.62. The van der Waals surface area contributed by atoms with Gasteiger partial charge in [0.05, 0.1) is 35.6 Å². The third kappa shape index (κ3) is 7.56. The Morgan fingerprint density at radius 2 is 1.70 bits per heavy atom. The number of hydrogen-bond acceptors (Lipinski definition) is 10. The number of carbonyl (C=O) groups excluding carboxylic acids is 5. The van der Waals surface area contributed by atoms with Gasteiger partial charge in [-0.15, -0.1) is 0 Å². The number of rotatable bonds is 6. The summed E-state index contributed by atoms with van der Waals surface area (Å²) in [7, 11) is 1.29. The fraction of sp³-hybridized carbons (Fsp3) is 0.606. The van der Waals surface area contributed by atoms with Crippen LogP contribution in [0.25, 0.3) is 0 Å². The lowest BCUT2D eigenvalue weighted by atomic mass is 9.92. The molecule has 1 aromatic carbocycles. The number of ether oxygens (including phenoxy) is 3. The van der Waals surface area contributed by atoms with Crippen molar-refractivity contribution in [1.29, 1.82) is 0 Å². The van der Waals surface area contributed by atoms with Crippen LogP contribution >= 0.6 is 0 Å². The van der Waals surface area contributed by atoms with E-state index in [4.69, 9.17) is 14.2 Å². The van der Waals surface area contributed by atoms with Gasteiger partial charge in [0.1, 0.15) is 18.2 Å². The minimum Gasteiger partial charge on any atom is -0.469 e. The molecule has 0 aromatic heterocycles. The molecule has 13 nitrogen and oxygen atoms in total. The highest BCUT2D eigenvalue weighted by molar-refractivity contribution is 5.96. The molecule has 3 fully saturated rings. The van der Waals surface area contributed by atoms with Crippen molar-refractivity contribution < 1.29 is 43.1 Å². The summed E-state index contributed by atoms with van der Waals surface area (Å²) in [5, 5.41) is 13.8. The van der Waals surface area contributed by atoms with Crippen molar-refractivity contribution in [2.45, 2.75) is 101 Å². The van der Waals surface area contributed by atoms with Crippen molar-refractivity contribution in [3.05, 3.63) is 52.1 Å². The lowest BCUT2D eigenvalue weighted by Gasteiger charge is -2.29. The number of hydrogen-bond donors (Lipinski definition) is 1. The SMILES string of the molecule is COC(=O)[C@]12CC(=O)[C@@H]3C[C@@H](OC(=O)c4ccc([N+](=O)[O-])cc4)CN3C(=O)[C@@H](NC(=O)OC3CCCC3)CCCCC/C=C\[C@H]1C2. The molecule has 0 unspecified atom stereocenters. The number of carbonyl (C=O) groups is 5. The second kappa shape index (κ2) is 14.4. The minimum absolute atomic E-state index is 0.000291. The highest BCUT2D eigenvalue weighted by atomic mass is 16.6. The summed E-state index contributed by atoms with van der Waals surface area (Å²) >= 11 is 0. The molecule has 1 aromatic rings. The quantitative estimate of drug-likeness (QED) is 0.154. The first-order valence-electron chi connectivity index (χ1n) is 16.1. The highest BCUT2D eigenvalue weighted by Gasteiger charge is 2.61. The molecular formula is C33H41N3O10. The van der Waals surface area contributed by atoms with Crippen LogP contribution in [0.5, 0.6) is 0 Å². The van der Waals surface area contributed by atoms with Crippen LogP contribution < -0.4 is 5.32 Å². The van der Waals surface area contributed by atoms with E-state index in [2.05, 4.69) is 5.32 Å². The number of methoxy groups -OCH3 is 1. The molecule has 5 rings (SSSR count). The maximum atomic E-state index is 14.1. The van der Waals surface area contributed by atoms with E-state index >= 15 is 0 Å². The van der Waals surface area contributed by atoms with Gasteiger partial charge in [-0.05, 0) is 69.4 Å². The van der Waals surface area contributed by atoms with Gasteiger partial charge in [-0.2, -0.15) is 0 Å². The lowest BCUT2D eigenvalue weighted by molar-refractivity contribution is -0.384. The van der Waals surface area contributed by atoms with Gasteiger partial charge < -0.3 is 24.4 Å². The molecule has 46 heavy (non-hydrogen) atoms. The van der Waals surface area contributed by atoms with Crippen molar-refractivity contribution >= 4 is 35.4 Å². The summed E-state index contributed by atoms with van der Waals surface area (Å²) in [5.74, 6) is -2.23. The number of esters is 2. The smallest absolute Gasteiger partial charge is 0.408 e. The lowest BCUT2D eigenvalue weighted by Crippen LogP contribution is -2.52. The Morgan fingerprint density at radius 1 is 0.978 bits per heavy atom. The molecule has 0 bridgehead atoms. The normalized spacial score (nSPS) is 29.4. The van der Waals surface area contributed by atoms with Crippen LogP contribution in [0, 0.1) is 21.4 Å². The average Bonchev–Trinajstić information content (AvgIpc) is 3.33. The van der Waals surface area contributed by atoms with Crippen LogP contribution in [-0.2, 0) is 28.6 Å². The number of fused-ring (bicyclic) bond motifs is 2. The Hall–Kier alpha value is -4.29. The Bertz CT molecular complexity index is 1370. The number of allylic oxidation sites excluding steroid dienone is 2. The van der Waals surface area contributed by atoms with Crippen LogP contribution in [0.4, 0.5) is 10.5 Å². The fourth-order valence-corrected chi connectivity index (χ4v) is 6.94. The van der Waals surface area contributed by atoms with Gasteiger partial charge in [0.2, 0.25) is 5.91 Å². The molecule has 248 valence electrons. The second-order valence-corrected chi connectivity index (χ2v) is 12.7. The number of Topliss-reactive ketones (excluding diaryl/α,β-unsaturated/α-hetero) is 1. The van der Waals surface area contributed by atoms with Crippen molar-refractivity contribution in [3.8, 4) is 0 Å². The van der Waals surface area contributed by atoms with Crippen LogP contribution in [0.2, 0.25) is 0 Å². The summed E-state index contributed by atoms with van der Waals surface area (Å²) in [4.78, 5) is 78.7. The van der Waals surface area contributed by atoms with Crippen LogP contribution in [0.1, 0.15) is 87.4 Å². The molecule has 0 spiro atoms. The molecule has 1 saturated heterocycles. The van der Waals surface area contributed by atoms with E-state index in [0.717, 1.165) is 44.9 Å². The van der Waals surface area contributed by atoms with Crippen LogP contribution in [-0.4, -0.2) is 77.5 Å². The Morgan fingerprint density at radius 3 is 2.39 bits per heavy atom. The zero-order valence-electron chi connectivity index (χ0n) is 26.0. The molecule has 2 amide bonds. The number of benzene rings is 1. The zero-order valence-corrected chi connectivity index (χ0v) is 26.0. The molecule has 5 atom stereocenters. The minimum atomic E-state index is -1.02. The molecule has 1 N–H and O–H groups in total. The van der Waals surface area contributed by atoms with E-state index in [0.29, 0.717) is 19.3 Å². The number of nitrogens with one attached hydrogen (secondary N) is 1. The third-order valence-electron chi connectivity index (χ3n) is 9.62. The van der Waals surface area contributed by atoms with Crippen molar-refractivity contribution in [3.63, 3.8) is 0 Å². The number of ketones is 1. The van der Waals surface area contributed by atoms with Crippen molar-refractivity contribution in [1.82, 2.24) is 10.2 Å². The van der Waals surface area contributed by atoms with Gasteiger partial charge >= 0.3 is 18.0 Å². The topological polar surface area (TPSA) is 171 Å². The van der Waals surface area contributed by atoms with Crippen LogP contribution in [0.15, 0.2) is 36.4 Å².